The van der Waals surface area contributed by atoms with E-state index in [-0.39, 0.29) is 18.0 Å². The molecule has 1 saturated heterocycles. The molecule has 4 rings (SSSR count). The Balaban J connectivity index is 1.65. The minimum Gasteiger partial charge on any atom is -0.347 e. The van der Waals surface area contributed by atoms with Crippen molar-refractivity contribution >= 4 is 17.5 Å². The number of urea groups is 1. The number of fused-ring (bicyclic) bond motifs is 1. The monoisotopic (exact) mass is 391 g/mol. The van der Waals surface area contributed by atoms with Crippen molar-refractivity contribution in [2.75, 3.05) is 20.6 Å². The zero-order valence-electron chi connectivity index (χ0n) is 16.7. The maximum atomic E-state index is 12.9. The zero-order valence-corrected chi connectivity index (χ0v) is 16.7. The number of pyridine rings is 1. The van der Waals surface area contributed by atoms with Gasteiger partial charge in [-0.2, -0.15) is 0 Å². The minimum atomic E-state index is -0.215. The zero-order chi connectivity index (χ0) is 20.4. The number of likely N-dealkylation sites (tertiary alicyclic amines) is 1. The number of nitrogens with one attached hydrogen (secondary N) is 1. The summed E-state index contributed by atoms with van der Waals surface area (Å²) in [6.07, 6.45) is 3.66. The van der Waals surface area contributed by atoms with Crippen LogP contribution in [0.3, 0.4) is 0 Å². The second-order valence-electron chi connectivity index (χ2n) is 7.47. The Kier molecular flexibility index (Phi) is 5.20. The van der Waals surface area contributed by atoms with E-state index < -0.39 is 0 Å². The fourth-order valence-corrected chi connectivity index (χ4v) is 3.85. The Labute approximate surface area is 169 Å². The summed E-state index contributed by atoms with van der Waals surface area (Å²) in [7, 11) is 3.51. The van der Waals surface area contributed by atoms with Crippen molar-refractivity contribution in [1.29, 1.82) is 0 Å². The summed E-state index contributed by atoms with van der Waals surface area (Å²) < 4.78 is 1.93. The molecular weight excluding hydrogens is 366 g/mol. The summed E-state index contributed by atoms with van der Waals surface area (Å²) in [6, 6.07) is 15.3. The van der Waals surface area contributed by atoms with E-state index in [1.54, 1.807) is 19.0 Å². The van der Waals surface area contributed by atoms with Gasteiger partial charge in [-0.15, -0.1) is 0 Å². The number of imidazole rings is 1. The van der Waals surface area contributed by atoms with Gasteiger partial charge in [0.05, 0.1) is 11.6 Å². The maximum Gasteiger partial charge on any atom is 0.320 e. The fourth-order valence-electron chi connectivity index (χ4n) is 3.85. The molecule has 0 unspecified atom stereocenters. The van der Waals surface area contributed by atoms with Gasteiger partial charge in [0, 0.05) is 33.4 Å². The first-order valence-corrected chi connectivity index (χ1v) is 9.83. The minimum absolute atomic E-state index is 0.0322. The van der Waals surface area contributed by atoms with Gasteiger partial charge in [0.2, 0.25) is 0 Å². The molecule has 7 nitrogen and oxygen atoms in total. The highest BCUT2D eigenvalue weighted by Gasteiger charge is 2.34. The van der Waals surface area contributed by atoms with E-state index in [0.717, 1.165) is 29.7 Å². The smallest absolute Gasteiger partial charge is 0.320 e. The molecule has 7 heteroatoms. The van der Waals surface area contributed by atoms with Crippen molar-refractivity contribution in [3.8, 4) is 0 Å². The second-order valence-corrected chi connectivity index (χ2v) is 7.47. The topological polar surface area (TPSA) is 70.0 Å². The molecule has 3 amide bonds. The molecule has 1 aliphatic rings. The molecule has 150 valence electrons. The van der Waals surface area contributed by atoms with E-state index in [1.165, 1.54) is 0 Å². The number of carbonyl (C=O) groups excluding carboxylic acids is 2. The fraction of sp³-hybridized carbons (Fsp3) is 0.318. The van der Waals surface area contributed by atoms with E-state index in [9.17, 15) is 9.59 Å². The summed E-state index contributed by atoms with van der Waals surface area (Å²) in [5.74, 6) is 0.519. The van der Waals surface area contributed by atoms with Crippen molar-refractivity contribution in [1.82, 2.24) is 24.5 Å². The predicted molar refractivity (Wildman–Crippen MR) is 111 cm³/mol. The summed E-state index contributed by atoms with van der Waals surface area (Å²) in [6.45, 7) is 1.13. The highest BCUT2D eigenvalue weighted by atomic mass is 16.2. The SMILES string of the molecule is CN(C)C(=O)N1CCC[C@H]1c1nc(C(=O)NCc2ccccc2)c2ccccn12. The van der Waals surface area contributed by atoms with Gasteiger partial charge in [-0.1, -0.05) is 36.4 Å². The van der Waals surface area contributed by atoms with Crippen LogP contribution in [0.5, 0.6) is 0 Å². The summed E-state index contributed by atoms with van der Waals surface area (Å²) >= 11 is 0. The second kappa shape index (κ2) is 7.95. The largest absolute Gasteiger partial charge is 0.347 e. The normalized spacial score (nSPS) is 16.2. The van der Waals surface area contributed by atoms with E-state index in [1.807, 2.05) is 64.0 Å². The van der Waals surface area contributed by atoms with Gasteiger partial charge in [0.25, 0.3) is 5.91 Å². The molecule has 0 radical (unpaired) electrons. The first kappa shape index (κ1) is 19.0. The highest BCUT2D eigenvalue weighted by Crippen LogP contribution is 2.33. The van der Waals surface area contributed by atoms with E-state index in [2.05, 4.69) is 5.32 Å². The van der Waals surface area contributed by atoms with Gasteiger partial charge in [-0.3, -0.25) is 4.79 Å². The Hall–Kier alpha value is -3.35. The molecule has 1 N–H and O–H groups in total. The number of rotatable bonds is 4. The number of nitrogens with zero attached hydrogens (tertiary/aromatic N) is 4. The van der Waals surface area contributed by atoms with Crippen LogP contribution in [0.25, 0.3) is 5.52 Å². The van der Waals surface area contributed by atoms with E-state index >= 15 is 0 Å². The molecule has 3 heterocycles. The molecule has 1 fully saturated rings. The summed E-state index contributed by atoms with van der Waals surface area (Å²) in [5, 5.41) is 2.96. The summed E-state index contributed by atoms with van der Waals surface area (Å²) in [5.41, 5.74) is 2.17. The van der Waals surface area contributed by atoms with Crippen LogP contribution in [0.15, 0.2) is 54.7 Å². The quantitative estimate of drug-likeness (QED) is 0.743. The lowest BCUT2D eigenvalue weighted by molar-refractivity contribution is 0.0948. The van der Waals surface area contributed by atoms with Gasteiger partial charge < -0.3 is 19.5 Å². The van der Waals surface area contributed by atoms with Crippen LogP contribution in [-0.2, 0) is 6.54 Å². The van der Waals surface area contributed by atoms with Crippen LogP contribution >= 0.6 is 0 Å². The van der Waals surface area contributed by atoms with Crippen LogP contribution < -0.4 is 5.32 Å². The van der Waals surface area contributed by atoms with E-state index in [4.69, 9.17) is 4.98 Å². The van der Waals surface area contributed by atoms with Crippen LogP contribution in [0.1, 0.15) is 40.8 Å². The van der Waals surface area contributed by atoms with Gasteiger partial charge >= 0.3 is 6.03 Å². The van der Waals surface area contributed by atoms with Crippen LogP contribution in [-0.4, -0.2) is 51.8 Å². The predicted octanol–water partition coefficient (Wildman–Crippen LogP) is 3.08. The first-order chi connectivity index (χ1) is 14.1. The van der Waals surface area contributed by atoms with Gasteiger partial charge in [-0.05, 0) is 30.5 Å². The Morgan fingerprint density at radius 3 is 2.66 bits per heavy atom. The molecule has 1 aromatic carbocycles. The third-order valence-electron chi connectivity index (χ3n) is 5.27. The third-order valence-corrected chi connectivity index (χ3v) is 5.27. The first-order valence-electron chi connectivity index (χ1n) is 9.83. The third kappa shape index (κ3) is 3.68. The lowest BCUT2D eigenvalue weighted by Gasteiger charge is -2.27. The molecule has 29 heavy (non-hydrogen) atoms. The Morgan fingerprint density at radius 2 is 1.90 bits per heavy atom. The highest BCUT2D eigenvalue weighted by molar-refractivity contribution is 5.99. The number of amides is 3. The molecule has 0 aliphatic carbocycles. The molecule has 0 bridgehead atoms. The number of aromatic nitrogens is 2. The Morgan fingerprint density at radius 1 is 1.14 bits per heavy atom. The molecule has 2 aromatic heterocycles. The van der Waals surface area contributed by atoms with Crippen molar-refractivity contribution < 1.29 is 9.59 Å². The number of hydrogen-bond acceptors (Lipinski definition) is 3. The molecule has 0 saturated carbocycles. The van der Waals surface area contributed by atoms with E-state index in [0.29, 0.717) is 18.8 Å². The van der Waals surface area contributed by atoms with Crippen molar-refractivity contribution in [3.05, 3.63) is 71.8 Å². The van der Waals surface area contributed by atoms with Crippen molar-refractivity contribution in [2.24, 2.45) is 0 Å². The molecule has 3 aromatic rings. The Bertz CT molecular complexity index is 1030. The molecule has 1 aliphatic heterocycles. The number of carbonyl (C=O) groups is 2. The van der Waals surface area contributed by atoms with Crippen LogP contribution in [0.4, 0.5) is 4.79 Å². The molecular formula is C22H25N5O2. The van der Waals surface area contributed by atoms with Gasteiger partial charge in [0.15, 0.2) is 5.69 Å². The molecule has 0 spiro atoms. The van der Waals surface area contributed by atoms with Crippen LogP contribution in [0.2, 0.25) is 0 Å². The van der Waals surface area contributed by atoms with Gasteiger partial charge in [0.1, 0.15) is 5.82 Å². The van der Waals surface area contributed by atoms with Crippen molar-refractivity contribution in [3.63, 3.8) is 0 Å². The lowest BCUT2D eigenvalue weighted by Crippen LogP contribution is -2.39. The molecule has 1 atom stereocenters. The number of hydrogen-bond donors (Lipinski definition) is 1. The van der Waals surface area contributed by atoms with Crippen LogP contribution in [0, 0.1) is 0 Å². The number of benzene rings is 1. The van der Waals surface area contributed by atoms with Gasteiger partial charge in [-0.25, -0.2) is 9.78 Å². The average Bonchev–Trinajstić information content (AvgIpc) is 3.37. The lowest BCUT2D eigenvalue weighted by atomic mass is 10.2. The maximum absolute atomic E-state index is 12.9. The average molecular weight is 391 g/mol. The standard InChI is InChI=1S/C22H25N5O2/c1-25(2)22(29)27-14-8-12-18(27)20-24-19(17-11-6-7-13-26(17)20)21(28)23-15-16-9-4-3-5-10-16/h3-7,9-11,13,18H,8,12,14-15H2,1-2H3,(H,23,28)/t18-/m0/s1. The summed E-state index contributed by atoms with van der Waals surface area (Å²) in [4.78, 5) is 33.6. The van der Waals surface area contributed by atoms with Crippen molar-refractivity contribution in [2.45, 2.75) is 25.4 Å².